The lowest BCUT2D eigenvalue weighted by Crippen LogP contribution is -2.23. The summed E-state index contributed by atoms with van der Waals surface area (Å²) in [5.41, 5.74) is 0.355. The standard InChI is InChI=1S/C16H12FN3O3S/c17-11-5-2-1-4-10(11)8-18-14(21)12-9-23-16(19-12)20-15(22)13-6-3-7-24-13/h1-7,9H,8H2,(H,18,21)(H,19,20,22). The van der Waals surface area contributed by atoms with Gasteiger partial charge >= 0.3 is 6.01 Å². The summed E-state index contributed by atoms with van der Waals surface area (Å²) < 4.78 is 18.5. The summed E-state index contributed by atoms with van der Waals surface area (Å²) in [4.78, 5) is 28.2. The summed E-state index contributed by atoms with van der Waals surface area (Å²) in [5.74, 6) is -1.30. The minimum atomic E-state index is -0.529. The Bertz CT molecular complexity index is 861. The monoisotopic (exact) mass is 345 g/mol. The van der Waals surface area contributed by atoms with E-state index in [2.05, 4.69) is 15.6 Å². The lowest BCUT2D eigenvalue weighted by atomic mass is 10.2. The second-order valence-corrected chi connectivity index (χ2v) is 5.69. The number of carbonyl (C=O) groups is 2. The van der Waals surface area contributed by atoms with Crippen LogP contribution in [0.15, 0.2) is 52.5 Å². The van der Waals surface area contributed by atoms with Gasteiger partial charge in [-0.1, -0.05) is 24.3 Å². The van der Waals surface area contributed by atoms with Crippen LogP contribution < -0.4 is 10.6 Å². The highest BCUT2D eigenvalue weighted by Crippen LogP contribution is 2.13. The van der Waals surface area contributed by atoms with Crippen molar-refractivity contribution >= 4 is 29.2 Å². The summed E-state index contributed by atoms with van der Waals surface area (Å²) in [6, 6.07) is 9.46. The number of nitrogens with one attached hydrogen (secondary N) is 2. The number of nitrogens with zero attached hydrogens (tertiary/aromatic N) is 1. The molecule has 0 saturated heterocycles. The van der Waals surface area contributed by atoms with Crippen LogP contribution in [0.25, 0.3) is 0 Å². The molecule has 3 aromatic rings. The van der Waals surface area contributed by atoms with E-state index < -0.39 is 11.7 Å². The topological polar surface area (TPSA) is 84.2 Å². The number of benzene rings is 1. The van der Waals surface area contributed by atoms with Gasteiger partial charge in [-0.05, 0) is 17.5 Å². The lowest BCUT2D eigenvalue weighted by molar-refractivity contribution is 0.0944. The first kappa shape index (κ1) is 15.9. The fourth-order valence-electron chi connectivity index (χ4n) is 1.91. The molecule has 2 aromatic heterocycles. The van der Waals surface area contributed by atoms with E-state index in [-0.39, 0.29) is 24.2 Å². The molecule has 1 aromatic carbocycles. The zero-order chi connectivity index (χ0) is 16.9. The van der Waals surface area contributed by atoms with Crippen LogP contribution in [0.5, 0.6) is 0 Å². The number of hydrogen-bond donors (Lipinski definition) is 2. The Hall–Kier alpha value is -3.00. The fraction of sp³-hybridized carbons (Fsp3) is 0.0625. The van der Waals surface area contributed by atoms with Crippen molar-refractivity contribution in [3.63, 3.8) is 0 Å². The molecule has 0 unspecified atom stereocenters. The number of aromatic nitrogens is 1. The summed E-state index contributed by atoms with van der Waals surface area (Å²) in [6.45, 7) is 0.0231. The molecule has 0 saturated carbocycles. The van der Waals surface area contributed by atoms with Crippen molar-refractivity contribution in [2.24, 2.45) is 0 Å². The predicted octanol–water partition coefficient (Wildman–Crippen LogP) is 3.06. The molecular weight excluding hydrogens is 333 g/mol. The first-order valence-corrected chi connectivity index (χ1v) is 7.83. The maximum absolute atomic E-state index is 13.5. The lowest BCUT2D eigenvalue weighted by Gasteiger charge is -2.04. The highest BCUT2D eigenvalue weighted by atomic mass is 32.1. The highest BCUT2D eigenvalue weighted by molar-refractivity contribution is 7.12. The van der Waals surface area contributed by atoms with Gasteiger partial charge in [0.2, 0.25) is 0 Å². The number of thiophene rings is 1. The van der Waals surface area contributed by atoms with Gasteiger partial charge < -0.3 is 9.73 Å². The Balaban J connectivity index is 1.59. The largest absolute Gasteiger partial charge is 0.431 e. The average molecular weight is 345 g/mol. The normalized spacial score (nSPS) is 10.4. The number of hydrogen-bond acceptors (Lipinski definition) is 5. The van der Waals surface area contributed by atoms with Crippen LogP contribution in [0.1, 0.15) is 25.7 Å². The van der Waals surface area contributed by atoms with Gasteiger partial charge in [0.05, 0.1) is 4.88 Å². The van der Waals surface area contributed by atoms with Crippen LogP contribution in [0.2, 0.25) is 0 Å². The number of rotatable bonds is 5. The maximum atomic E-state index is 13.5. The van der Waals surface area contributed by atoms with Crippen molar-refractivity contribution in [3.8, 4) is 0 Å². The Kier molecular flexibility index (Phi) is 4.66. The van der Waals surface area contributed by atoms with E-state index in [9.17, 15) is 14.0 Å². The van der Waals surface area contributed by atoms with E-state index >= 15 is 0 Å². The molecule has 0 fully saturated rings. The van der Waals surface area contributed by atoms with E-state index in [4.69, 9.17) is 4.42 Å². The van der Waals surface area contributed by atoms with E-state index in [1.54, 1.807) is 35.7 Å². The van der Waals surface area contributed by atoms with Gasteiger partial charge in [-0.15, -0.1) is 11.3 Å². The molecular formula is C16H12FN3O3S. The van der Waals surface area contributed by atoms with Crippen LogP contribution in [0.3, 0.4) is 0 Å². The molecule has 3 rings (SSSR count). The molecule has 2 amide bonds. The quantitative estimate of drug-likeness (QED) is 0.744. The molecule has 8 heteroatoms. The number of anilines is 1. The summed E-state index contributed by atoms with van der Waals surface area (Å²) in [5, 5.41) is 6.76. The van der Waals surface area contributed by atoms with E-state index in [1.807, 2.05) is 0 Å². The molecule has 0 aliphatic carbocycles. The molecule has 0 atom stereocenters. The van der Waals surface area contributed by atoms with Crippen LogP contribution >= 0.6 is 11.3 Å². The van der Waals surface area contributed by atoms with E-state index in [1.165, 1.54) is 17.4 Å². The first-order chi connectivity index (χ1) is 11.6. The SMILES string of the molecule is O=C(NCc1ccccc1F)c1coc(NC(=O)c2cccs2)n1. The Morgan fingerprint density at radius 2 is 2.00 bits per heavy atom. The molecule has 0 aliphatic rings. The summed E-state index contributed by atoms with van der Waals surface area (Å²) >= 11 is 1.27. The minimum absolute atomic E-state index is 0.00665. The molecule has 0 spiro atoms. The van der Waals surface area contributed by atoms with Gasteiger partial charge in [-0.2, -0.15) is 4.98 Å². The smallest absolute Gasteiger partial charge is 0.302 e. The number of amides is 2. The van der Waals surface area contributed by atoms with Crippen molar-refractivity contribution < 1.29 is 18.4 Å². The van der Waals surface area contributed by atoms with Gasteiger partial charge in [-0.25, -0.2) is 4.39 Å². The zero-order valence-corrected chi connectivity index (χ0v) is 13.1. The summed E-state index contributed by atoms with van der Waals surface area (Å²) in [7, 11) is 0. The van der Waals surface area contributed by atoms with Crippen LogP contribution in [0, 0.1) is 5.82 Å². The summed E-state index contributed by atoms with van der Waals surface area (Å²) in [6.07, 6.45) is 1.13. The number of halogens is 1. The molecule has 6 nitrogen and oxygen atoms in total. The van der Waals surface area contributed by atoms with Gasteiger partial charge in [-0.3, -0.25) is 14.9 Å². The van der Waals surface area contributed by atoms with Gasteiger partial charge in [0, 0.05) is 12.1 Å². The Morgan fingerprint density at radius 1 is 1.17 bits per heavy atom. The molecule has 2 heterocycles. The minimum Gasteiger partial charge on any atom is -0.431 e. The maximum Gasteiger partial charge on any atom is 0.302 e. The molecule has 0 radical (unpaired) electrons. The number of oxazole rings is 1. The number of carbonyl (C=O) groups excluding carboxylic acids is 2. The molecule has 2 N–H and O–H groups in total. The van der Waals surface area contributed by atoms with Crippen LogP contribution in [-0.4, -0.2) is 16.8 Å². The van der Waals surface area contributed by atoms with Gasteiger partial charge in [0.25, 0.3) is 11.8 Å². The highest BCUT2D eigenvalue weighted by Gasteiger charge is 2.15. The van der Waals surface area contributed by atoms with Crippen molar-refractivity contribution in [1.29, 1.82) is 0 Å². The molecule has 0 bridgehead atoms. The van der Waals surface area contributed by atoms with Crippen molar-refractivity contribution in [3.05, 3.63) is 70.0 Å². The van der Waals surface area contributed by atoms with Crippen LogP contribution in [-0.2, 0) is 6.54 Å². The van der Waals surface area contributed by atoms with Crippen molar-refractivity contribution in [2.45, 2.75) is 6.54 Å². The third-order valence-electron chi connectivity index (χ3n) is 3.10. The Labute approximate surface area is 140 Å². The van der Waals surface area contributed by atoms with Gasteiger partial charge in [0.1, 0.15) is 12.1 Å². The van der Waals surface area contributed by atoms with E-state index in [0.29, 0.717) is 10.4 Å². The Morgan fingerprint density at radius 3 is 2.75 bits per heavy atom. The first-order valence-electron chi connectivity index (χ1n) is 6.95. The van der Waals surface area contributed by atoms with Crippen molar-refractivity contribution in [2.75, 3.05) is 5.32 Å². The average Bonchev–Trinajstić information content (AvgIpc) is 3.25. The second-order valence-electron chi connectivity index (χ2n) is 4.74. The predicted molar refractivity (Wildman–Crippen MR) is 86.3 cm³/mol. The van der Waals surface area contributed by atoms with Crippen LogP contribution in [0.4, 0.5) is 10.4 Å². The zero-order valence-electron chi connectivity index (χ0n) is 12.3. The molecule has 0 aliphatic heterocycles. The second kappa shape index (κ2) is 7.05. The molecule has 24 heavy (non-hydrogen) atoms. The van der Waals surface area contributed by atoms with E-state index in [0.717, 1.165) is 6.26 Å². The molecule has 122 valence electrons. The third-order valence-corrected chi connectivity index (χ3v) is 3.97. The van der Waals surface area contributed by atoms with Crippen molar-refractivity contribution in [1.82, 2.24) is 10.3 Å². The third kappa shape index (κ3) is 3.66. The fourth-order valence-corrected chi connectivity index (χ4v) is 2.53. The van der Waals surface area contributed by atoms with Gasteiger partial charge in [0.15, 0.2) is 5.69 Å².